The average molecular weight is 140 g/mol. The third-order valence-electron chi connectivity index (χ3n) is 1.42. The molecule has 0 aliphatic heterocycles. The van der Waals surface area contributed by atoms with E-state index >= 15 is 0 Å². The Morgan fingerprint density at radius 2 is 1.90 bits per heavy atom. The summed E-state index contributed by atoms with van der Waals surface area (Å²) in [7, 11) is 0. The largest absolute Gasteiger partial charge is 0.300 e. The van der Waals surface area contributed by atoms with Crippen LogP contribution in [0.4, 0.5) is 0 Å². The zero-order valence-electron chi connectivity index (χ0n) is 7.11. The minimum absolute atomic E-state index is 0.281. The van der Waals surface area contributed by atoms with Crippen molar-refractivity contribution in [2.75, 3.05) is 0 Å². The number of ketones is 1. The van der Waals surface area contributed by atoms with Crippen LogP contribution in [0.15, 0.2) is 11.6 Å². The number of rotatable bonds is 4. The van der Waals surface area contributed by atoms with Gasteiger partial charge in [0, 0.05) is 6.42 Å². The monoisotopic (exact) mass is 140 g/mol. The van der Waals surface area contributed by atoms with E-state index in [1.807, 2.05) is 0 Å². The highest BCUT2D eigenvalue weighted by Gasteiger charge is 1.93. The molecule has 0 aromatic rings. The molecule has 0 amide bonds. The van der Waals surface area contributed by atoms with Crippen molar-refractivity contribution < 1.29 is 4.79 Å². The predicted octanol–water partition coefficient (Wildman–Crippen LogP) is 2.71. The van der Waals surface area contributed by atoms with Crippen LogP contribution in [0, 0.1) is 0 Å². The second kappa shape index (κ2) is 5.21. The van der Waals surface area contributed by atoms with Gasteiger partial charge in [-0.3, -0.25) is 0 Å². The Labute approximate surface area is 63.1 Å². The average Bonchev–Trinajstić information content (AvgIpc) is 1.85. The summed E-state index contributed by atoms with van der Waals surface area (Å²) in [4.78, 5) is 10.5. The highest BCUT2D eigenvalue weighted by Crippen LogP contribution is 2.04. The summed E-state index contributed by atoms with van der Waals surface area (Å²) in [6.45, 7) is 5.82. The van der Waals surface area contributed by atoms with Gasteiger partial charge in [-0.25, -0.2) is 0 Å². The van der Waals surface area contributed by atoms with Gasteiger partial charge in [-0.05, 0) is 26.7 Å². The van der Waals surface area contributed by atoms with E-state index in [1.165, 1.54) is 5.57 Å². The molecule has 0 heterocycles. The zero-order chi connectivity index (χ0) is 7.98. The summed E-state index contributed by atoms with van der Waals surface area (Å²) in [5.41, 5.74) is 1.33. The number of carbonyl (C=O) groups excluding carboxylic acids is 1. The van der Waals surface area contributed by atoms with E-state index in [-0.39, 0.29) is 5.78 Å². The van der Waals surface area contributed by atoms with Gasteiger partial charge in [-0.1, -0.05) is 18.6 Å². The summed E-state index contributed by atoms with van der Waals surface area (Å²) in [5.74, 6) is 0.281. The Morgan fingerprint density at radius 3 is 2.30 bits per heavy atom. The standard InChI is InChI=1S/C9H16O/c1-4-5-8(2)6-7-9(3)10/h5H,4,6-7H2,1-3H3/b8-5-. The van der Waals surface area contributed by atoms with Gasteiger partial charge in [-0.2, -0.15) is 0 Å². The van der Waals surface area contributed by atoms with Crippen molar-refractivity contribution in [3.8, 4) is 0 Å². The van der Waals surface area contributed by atoms with E-state index in [4.69, 9.17) is 0 Å². The molecule has 0 N–H and O–H groups in total. The van der Waals surface area contributed by atoms with Crippen LogP contribution in [-0.4, -0.2) is 5.78 Å². The van der Waals surface area contributed by atoms with Crippen molar-refractivity contribution in [3.63, 3.8) is 0 Å². The molecule has 0 bridgehead atoms. The molecule has 1 nitrogen and oxygen atoms in total. The number of hydrogen-bond acceptors (Lipinski definition) is 1. The molecule has 0 fully saturated rings. The molecule has 0 aliphatic carbocycles. The van der Waals surface area contributed by atoms with Crippen molar-refractivity contribution in [1.29, 1.82) is 0 Å². The van der Waals surface area contributed by atoms with E-state index in [1.54, 1.807) is 6.92 Å². The number of Topliss-reactive ketones (excluding diaryl/α,β-unsaturated/α-hetero) is 1. The molecular formula is C9H16O. The molecule has 0 unspecified atom stereocenters. The van der Waals surface area contributed by atoms with Gasteiger partial charge in [0.05, 0.1) is 0 Å². The van der Waals surface area contributed by atoms with Crippen molar-refractivity contribution in [3.05, 3.63) is 11.6 Å². The first kappa shape index (κ1) is 9.41. The minimum atomic E-state index is 0.281. The first-order valence-corrected chi connectivity index (χ1v) is 3.82. The van der Waals surface area contributed by atoms with Crippen molar-refractivity contribution >= 4 is 5.78 Å². The van der Waals surface area contributed by atoms with E-state index in [2.05, 4.69) is 19.9 Å². The minimum Gasteiger partial charge on any atom is -0.300 e. The first-order valence-electron chi connectivity index (χ1n) is 3.82. The van der Waals surface area contributed by atoms with E-state index in [0.29, 0.717) is 6.42 Å². The molecule has 0 saturated carbocycles. The summed E-state index contributed by atoms with van der Waals surface area (Å²) < 4.78 is 0. The molecule has 10 heavy (non-hydrogen) atoms. The van der Waals surface area contributed by atoms with Crippen molar-refractivity contribution in [1.82, 2.24) is 0 Å². The lowest BCUT2D eigenvalue weighted by atomic mass is 10.1. The van der Waals surface area contributed by atoms with Gasteiger partial charge < -0.3 is 4.79 Å². The first-order chi connectivity index (χ1) is 4.66. The second-order valence-corrected chi connectivity index (χ2v) is 2.66. The Balaban J connectivity index is 3.48. The van der Waals surface area contributed by atoms with Crippen LogP contribution in [0.2, 0.25) is 0 Å². The highest BCUT2D eigenvalue weighted by atomic mass is 16.1. The normalized spacial score (nSPS) is 11.7. The van der Waals surface area contributed by atoms with Gasteiger partial charge in [0.25, 0.3) is 0 Å². The molecule has 1 heteroatoms. The smallest absolute Gasteiger partial charge is 0.130 e. The molecule has 0 saturated heterocycles. The lowest BCUT2D eigenvalue weighted by Crippen LogP contribution is -1.89. The predicted molar refractivity (Wildman–Crippen MR) is 44.0 cm³/mol. The third kappa shape index (κ3) is 5.54. The van der Waals surface area contributed by atoms with Crippen molar-refractivity contribution in [2.45, 2.75) is 40.0 Å². The molecule has 58 valence electrons. The van der Waals surface area contributed by atoms with Crippen LogP contribution in [0.5, 0.6) is 0 Å². The molecule has 0 rings (SSSR count). The number of carbonyl (C=O) groups is 1. The van der Waals surface area contributed by atoms with Gasteiger partial charge in [0.15, 0.2) is 0 Å². The van der Waals surface area contributed by atoms with Gasteiger partial charge in [-0.15, -0.1) is 0 Å². The fourth-order valence-electron chi connectivity index (χ4n) is 0.824. The van der Waals surface area contributed by atoms with E-state index in [9.17, 15) is 4.79 Å². The fourth-order valence-corrected chi connectivity index (χ4v) is 0.824. The third-order valence-corrected chi connectivity index (χ3v) is 1.42. The summed E-state index contributed by atoms with van der Waals surface area (Å²) in [5, 5.41) is 0. The lowest BCUT2D eigenvalue weighted by Gasteiger charge is -1.96. The molecular weight excluding hydrogens is 124 g/mol. The Morgan fingerprint density at radius 1 is 1.30 bits per heavy atom. The number of allylic oxidation sites excluding steroid dienone is 2. The van der Waals surface area contributed by atoms with Crippen LogP contribution >= 0.6 is 0 Å². The van der Waals surface area contributed by atoms with Crippen LogP contribution < -0.4 is 0 Å². The molecule has 0 aromatic carbocycles. The zero-order valence-corrected chi connectivity index (χ0v) is 7.11. The van der Waals surface area contributed by atoms with Gasteiger partial charge in [0.2, 0.25) is 0 Å². The maximum Gasteiger partial charge on any atom is 0.130 e. The molecule has 0 aliphatic rings. The molecule has 0 spiro atoms. The maximum absolute atomic E-state index is 10.5. The molecule has 0 atom stereocenters. The lowest BCUT2D eigenvalue weighted by molar-refractivity contribution is -0.116. The van der Waals surface area contributed by atoms with Crippen LogP contribution in [0.25, 0.3) is 0 Å². The number of hydrogen-bond donors (Lipinski definition) is 0. The van der Waals surface area contributed by atoms with E-state index in [0.717, 1.165) is 12.8 Å². The second-order valence-electron chi connectivity index (χ2n) is 2.66. The summed E-state index contributed by atoms with van der Waals surface area (Å²) in [6.07, 6.45) is 4.87. The van der Waals surface area contributed by atoms with Crippen molar-refractivity contribution in [2.24, 2.45) is 0 Å². The maximum atomic E-state index is 10.5. The van der Waals surface area contributed by atoms with Crippen LogP contribution in [0.3, 0.4) is 0 Å². The topological polar surface area (TPSA) is 17.1 Å². The fraction of sp³-hybridized carbons (Fsp3) is 0.667. The quantitative estimate of drug-likeness (QED) is 0.549. The Kier molecular flexibility index (Phi) is 4.91. The van der Waals surface area contributed by atoms with E-state index < -0.39 is 0 Å². The Bertz CT molecular complexity index is 134. The Hall–Kier alpha value is -0.590. The summed E-state index contributed by atoms with van der Waals surface area (Å²) in [6, 6.07) is 0. The van der Waals surface area contributed by atoms with Crippen LogP contribution in [-0.2, 0) is 4.79 Å². The summed E-state index contributed by atoms with van der Waals surface area (Å²) >= 11 is 0. The molecule has 0 aromatic heterocycles. The van der Waals surface area contributed by atoms with Gasteiger partial charge in [0.1, 0.15) is 5.78 Å². The van der Waals surface area contributed by atoms with Gasteiger partial charge >= 0.3 is 0 Å². The highest BCUT2D eigenvalue weighted by molar-refractivity contribution is 5.75. The SMILES string of the molecule is CC/C=C(/C)CCC(C)=O. The van der Waals surface area contributed by atoms with Crippen LogP contribution in [0.1, 0.15) is 40.0 Å². The molecule has 0 radical (unpaired) electrons.